The lowest BCUT2D eigenvalue weighted by Gasteiger charge is -2.31. The molecule has 11 heteroatoms. The van der Waals surface area contributed by atoms with Crippen molar-refractivity contribution in [2.75, 3.05) is 13.7 Å². The van der Waals surface area contributed by atoms with Gasteiger partial charge in [0, 0.05) is 32.6 Å². The van der Waals surface area contributed by atoms with Gasteiger partial charge in [-0.1, -0.05) is 17.7 Å². The van der Waals surface area contributed by atoms with E-state index in [-0.39, 0.29) is 41.5 Å². The molecule has 3 rings (SSSR count). The van der Waals surface area contributed by atoms with Crippen molar-refractivity contribution in [2.24, 2.45) is 7.05 Å². The number of hydrogen-bond donors (Lipinski definition) is 2. The van der Waals surface area contributed by atoms with Crippen molar-refractivity contribution in [3.05, 3.63) is 61.8 Å². The van der Waals surface area contributed by atoms with Crippen molar-refractivity contribution in [3.63, 3.8) is 0 Å². The minimum absolute atomic E-state index is 0.0157. The molecule has 0 saturated heterocycles. The van der Waals surface area contributed by atoms with Crippen LogP contribution in [0, 0.1) is 5.82 Å². The Morgan fingerprint density at radius 1 is 1.26 bits per heavy atom. The number of hydrogen-bond acceptors (Lipinski definition) is 5. The summed E-state index contributed by atoms with van der Waals surface area (Å²) >= 11 is 5.83. The van der Waals surface area contributed by atoms with Crippen molar-refractivity contribution in [1.29, 1.82) is 0 Å². The first kappa shape index (κ1) is 22.3. The average Bonchev–Trinajstić information content (AvgIpc) is 2.72. The zero-order chi connectivity index (χ0) is 22.9. The summed E-state index contributed by atoms with van der Waals surface area (Å²) in [4.78, 5) is 51.2. The number of ether oxygens (including phenoxy) is 1. The summed E-state index contributed by atoms with van der Waals surface area (Å²) in [5.74, 6) is -2.49. The van der Waals surface area contributed by atoms with Crippen molar-refractivity contribution in [2.45, 2.75) is 19.9 Å². The Bertz CT molecular complexity index is 1150. The lowest BCUT2D eigenvalue weighted by molar-refractivity contribution is -0.119. The minimum Gasteiger partial charge on any atom is -0.490 e. The number of aromatic nitrogens is 1. The Balaban J connectivity index is 2.04. The first-order chi connectivity index (χ1) is 14.6. The van der Waals surface area contributed by atoms with E-state index in [2.05, 4.69) is 10.9 Å². The summed E-state index contributed by atoms with van der Waals surface area (Å²) in [6, 6.07) is 4.14. The zero-order valence-corrected chi connectivity index (χ0v) is 17.8. The van der Waals surface area contributed by atoms with Crippen LogP contribution in [0.15, 0.2) is 23.0 Å². The molecular formula is C20H20ClFN4O5. The molecule has 0 saturated carbocycles. The molecule has 2 N–H and O–H groups in total. The van der Waals surface area contributed by atoms with Crippen LogP contribution in [-0.4, -0.2) is 40.8 Å². The maximum absolute atomic E-state index is 13.4. The fourth-order valence-electron chi connectivity index (χ4n) is 3.49. The van der Waals surface area contributed by atoms with Gasteiger partial charge in [-0.3, -0.25) is 30.0 Å². The van der Waals surface area contributed by atoms with Crippen LogP contribution < -0.4 is 21.1 Å². The van der Waals surface area contributed by atoms with Gasteiger partial charge in [-0.25, -0.2) is 4.39 Å². The fraction of sp³-hybridized carbons (Fsp3) is 0.300. The third-order valence-electron chi connectivity index (χ3n) is 4.91. The molecule has 164 valence electrons. The molecule has 0 bridgehead atoms. The average molecular weight is 451 g/mol. The Morgan fingerprint density at radius 3 is 2.58 bits per heavy atom. The predicted molar refractivity (Wildman–Crippen MR) is 109 cm³/mol. The normalized spacial score (nSPS) is 12.9. The lowest BCUT2D eigenvalue weighted by atomic mass is 9.95. The van der Waals surface area contributed by atoms with Crippen LogP contribution in [0.3, 0.4) is 0 Å². The first-order valence-corrected chi connectivity index (χ1v) is 9.63. The molecule has 0 unspecified atom stereocenters. The first-order valence-electron chi connectivity index (χ1n) is 9.25. The van der Waals surface area contributed by atoms with Crippen molar-refractivity contribution >= 4 is 29.3 Å². The molecule has 3 amide bonds. The molecule has 0 aliphatic carbocycles. The Labute approximate surface area is 181 Å². The monoisotopic (exact) mass is 450 g/mol. The number of halogens is 2. The van der Waals surface area contributed by atoms with Gasteiger partial charge in [-0.2, -0.15) is 0 Å². The molecule has 0 atom stereocenters. The Hall–Kier alpha value is -3.40. The molecule has 2 heterocycles. The quantitative estimate of drug-likeness (QED) is 0.679. The summed E-state index contributed by atoms with van der Waals surface area (Å²) in [5, 5.41) is -0.0641. The molecule has 0 radical (unpaired) electrons. The maximum atomic E-state index is 13.4. The van der Waals surface area contributed by atoms with E-state index in [4.69, 9.17) is 16.3 Å². The van der Waals surface area contributed by atoms with Crippen LogP contribution in [0.1, 0.15) is 38.9 Å². The number of hydrazine groups is 1. The highest BCUT2D eigenvalue weighted by molar-refractivity contribution is 6.30. The van der Waals surface area contributed by atoms with E-state index >= 15 is 0 Å². The number of rotatable bonds is 4. The maximum Gasteiger partial charge on any atom is 0.294 e. The minimum atomic E-state index is -0.736. The highest BCUT2D eigenvalue weighted by Crippen LogP contribution is 2.29. The van der Waals surface area contributed by atoms with Gasteiger partial charge in [-0.05, 0) is 24.1 Å². The van der Waals surface area contributed by atoms with Crippen LogP contribution in [0.5, 0.6) is 5.75 Å². The molecule has 1 aliphatic rings. The molecular weight excluding hydrogens is 431 g/mol. The van der Waals surface area contributed by atoms with Crippen molar-refractivity contribution in [1.82, 2.24) is 20.3 Å². The van der Waals surface area contributed by atoms with Gasteiger partial charge in [0.25, 0.3) is 17.4 Å². The fourth-order valence-corrected chi connectivity index (χ4v) is 3.69. The smallest absolute Gasteiger partial charge is 0.294 e. The molecule has 1 aliphatic heterocycles. The van der Waals surface area contributed by atoms with Gasteiger partial charge in [0.05, 0.1) is 17.7 Å². The van der Waals surface area contributed by atoms with Crippen molar-refractivity contribution in [3.8, 4) is 5.75 Å². The van der Waals surface area contributed by atoms with Crippen LogP contribution in [0.25, 0.3) is 0 Å². The second-order valence-corrected chi connectivity index (χ2v) is 7.37. The van der Waals surface area contributed by atoms with Gasteiger partial charge in [0.1, 0.15) is 11.5 Å². The molecule has 2 aromatic rings. The standard InChI is InChI=1S/C20H20ClFN4O5/c1-10(27)23-24-18(28)16-12-6-7-26(9-11-4-5-14(22)13(21)8-11)19(29)15(12)17(31-3)20(30)25(16)2/h4-5,8H,6-7,9H2,1-3H3,(H,23,27)(H,24,28). The number of nitrogens with one attached hydrogen (secondary N) is 2. The topological polar surface area (TPSA) is 110 Å². The second-order valence-electron chi connectivity index (χ2n) is 6.96. The predicted octanol–water partition coefficient (Wildman–Crippen LogP) is 1.17. The van der Waals surface area contributed by atoms with Crippen LogP contribution in [-0.2, 0) is 24.8 Å². The number of amides is 3. The number of nitrogens with zero attached hydrogens (tertiary/aromatic N) is 2. The third-order valence-corrected chi connectivity index (χ3v) is 5.20. The zero-order valence-electron chi connectivity index (χ0n) is 17.0. The SMILES string of the molecule is COc1c2c(c(C(=O)NNC(C)=O)n(C)c1=O)CCN(Cc1ccc(F)c(Cl)c1)C2=O. The molecule has 0 spiro atoms. The number of benzene rings is 1. The van der Waals surface area contributed by atoms with Gasteiger partial charge in [-0.15, -0.1) is 0 Å². The van der Waals surface area contributed by atoms with Crippen molar-refractivity contribution < 1.29 is 23.5 Å². The van der Waals surface area contributed by atoms with Crippen LogP contribution in [0.2, 0.25) is 5.02 Å². The van der Waals surface area contributed by atoms with E-state index in [1.807, 2.05) is 0 Å². The number of carbonyl (C=O) groups excluding carboxylic acids is 3. The second kappa shape index (κ2) is 8.76. The molecule has 1 aromatic heterocycles. The van der Waals surface area contributed by atoms with Crippen LogP contribution >= 0.6 is 11.6 Å². The van der Waals surface area contributed by atoms with Gasteiger partial charge in [0.2, 0.25) is 5.91 Å². The summed E-state index contributed by atoms with van der Waals surface area (Å²) in [6.45, 7) is 1.58. The van der Waals surface area contributed by atoms with E-state index in [0.717, 1.165) is 4.57 Å². The van der Waals surface area contributed by atoms with E-state index in [1.54, 1.807) is 0 Å². The molecule has 1 aromatic carbocycles. The number of pyridine rings is 1. The largest absolute Gasteiger partial charge is 0.490 e. The molecule has 0 fully saturated rings. The van der Waals surface area contributed by atoms with Gasteiger partial charge in [0.15, 0.2) is 5.75 Å². The summed E-state index contributed by atoms with van der Waals surface area (Å²) < 4.78 is 19.7. The number of fused-ring (bicyclic) bond motifs is 1. The summed E-state index contributed by atoms with van der Waals surface area (Å²) in [6.07, 6.45) is 0.253. The van der Waals surface area contributed by atoms with E-state index in [9.17, 15) is 23.6 Å². The Kier molecular flexibility index (Phi) is 6.30. The highest BCUT2D eigenvalue weighted by Gasteiger charge is 2.35. The molecule has 31 heavy (non-hydrogen) atoms. The summed E-state index contributed by atoms with van der Waals surface area (Å²) in [5.41, 5.74) is 4.59. The van der Waals surface area contributed by atoms with Crippen LogP contribution in [0.4, 0.5) is 4.39 Å². The lowest BCUT2D eigenvalue weighted by Crippen LogP contribution is -2.46. The Morgan fingerprint density at radius 2 is 1.97 bits per heavy atom. The van der Waals surface area contributed by atoms with E-state index in [0.29, 0.717) is 11.1 Å². The summed E-state index contributed by atoms with van der Waals surface area (Å²) in [7, 11) is 2.64. The third kappa shape index (κ3) is 4.24. The number of carbonyl (C=O) groups is 3. The van der Waals surface area contributed by atoms with E-state index < -0.39 is 29.1 Å². The van der Waals surface area contributed by atoms with Gasteiger partial charge >= 0.3 is 0 Å². The highest BCUT2D eigenvalue weighted by atomic mass is 35.5. The molecule has 9 nitrogen and oxygen atoms in total. The van der Waals surface area contributed by atoms with Gasteiger partial charge < -0.3 is 14.2 Å². The number of methoxy groups -OCH3 is 1. The van der Waals surface area contributed by atoms with E-state index in [1.165, 1.54) is 44.2 Å².